The van der Waals surface area contributed by atoms with Gasteiger partial charge in [0, 0.05) is 5.69 Å². The predicted octanol–water partition coefficient (Wildman–Crippen LogP) is 4.28. The van der Waals surface area contributed by atoms with Crippen molar-refractivity contribution in [3.63, 3.8) is 0 Å². The zero-order valence-corrected chi connectivity index (χ0v) is 13.3. The summed E-state index contributed by atoms with van der Waals surface area (Å²) in [5.74, 6) is 0.805. The number of rotatable bonds is 4. The largest absolute Gasteiger partial charge is 0.494 e. The molecule has 0 unspecified atom stereocenters. The zero-order valence-electron chi connectivity index (χ0n) is 13.3. The van der Waals surface area contributed by atoms with Gasteiger partial charge in [0.25, 0.3) is 0 Å². The number of hydrogen-bond acceptors (Lipinski definition) is 2. The summed E-state index contributed by atoms with van der Waals surface area (Å²) in [4.78, 5) is 12.2. The first-order valence-electron chi connectivity index (χ1n) is 8.14. The van der Waals surface area contributed by atoms with Crippen molar-refractivity contribution >= 4 is 11.7 Å². The van der Waals surface area contributed by atoms with Crippen molar-refractivity contribution in [2.45, 2.75) is 32.2 Å². The number of anilines is 1. The molecule has 0 spiro atoms. The lowest BCUT2D eigenvalue weighted by Crippen LogP contribution is -2.34. The van der Waals surface area contributed by atoms with Crippen LogP contribution in [0.5, 0.6) is 5.75 Å². The molecule has 23 heavy (non-hydrogen) atoms. The van der Waals surface area contributed by atoms with E-state index >= 15 is 0 Å². The average Bonchev–Trinajstić information content (AvgIpc) is 2.57. The lowest BCUT2D eigenvalue weighted by molar-refractivity contribution is 0.247. The fourth-order valence-electron chi connectivity index (χ4n) is 3.03. The van der Waals surface area contributed by atoms with Gasteiger partial charge in [-0.25, -0.2) is 4.79 Å². The summed E-state index contributed by atoms with van der Waals surface area (Å²) in [6, 6.07) is 15.7. The van der Waals surface area contributed by atoms with Gasteiger partial charge in [-0.3, -0.25) is 0 Å². The Morgan fingerprint density at radius 2 is 1.96 bits per heavy atom. The smallest absolute Gasteiger partial charge is 0.319 e. The molecule has 0 aliphatic heterocycles. The lowest BCUT2D eigenvalue weighted by atomic mass is 9.88. The first-order chi connectivity index (χ1) is 11.3. The van der Waals surface area contributed by atoms with Crippen LogP contribution < -0.4 is 15.4 Å². The molecule has 0 heterocycles. The maximum atomic E-state index is 12.2. The third-order valence-corrected chi connectivity index (χ3v) is 4.10. The third kappa shape index (κ3) is 3.83. The van der Waals surface area contributed by atoms with Gasteiger partial charge in [0.2, 0.25) is 0 Å². The summed E-state index contributed by atoms with van der Waals surface area (Å²) in [7, 11) is 0. The summed E-state index contributed by atoms with van der Waals surface area (Å²) in [6.45, 7) is 2.58. The number of carbonyl (C=O) groups is 1. The molecule has 2 N–H and O–H groups in total. The lowest BCUT2D eigenvalue weighted by Gasteiger charge is -2.26. The number of amides is 2. The predicted molar refractivity (Wildman–Crippen MR) is 91.9 cm³/mol. The second kappa shape index (κ2) is 7.18. The van der Waals surface area contributed by atoms with Crippen LogP contribution in [0, 0.1) is 0 Å². The Bertz CT molecular complexity index is 667. The van der Waals surface area contributed by atoms with Crippen molar-refractivity contribution in [2.75, 3.05) is 11.9 Å². The highest BCUT2D eigenvalue weighted by Crippen LogP contribution is 2.29. The highest BCUT2D eigenvalue weighted by molar-refractivity contribution is 5.89. The monoisotopic (exact) mass is 310 g/mol. The standard InChI is InChI=1S/C19H22N2O2/c1-2-23-16-12-10-15(11-13-16)20-19(22)21-18-9-5-7-14-6-3-4-8-17(14)18/h3-4,6,8,10-13,18H,2,5,7,9H2,1H3,(H2,20,21,22)/t18-/m0/s1. The van der Waals surface area contributed by atoms with Crippen molar-refractivity contribution < 1.29 is 9.53 Å². The van der Waals surface area contributed by atoms with E-state index in [1.54, 1.807) is 0 Å². The maximum absolute atomic E-state index is 12.2. The van der Waals surface area contributed by atoms with E-state index in [4.69, 9.17) is 4.74 Å². The van der Waals surface area contributed by atoms with Gasteiger partial charge in [0.05, 0.1) is 12.6 Å². The van der Waals surface area contributed by atoms with E-state index in [0.29, 0.717) is 6.61 Å². The molecule has 0 aromatic heterocycles. The maximum Gasteiger partial charge on any atom is 0.319 e. The fraction of sp³-hybridized carbons (Fsp3) is 0.316. The Labute approximate surface area is 136 Å². The van der Waals surface area contributed by atoms with Crippen molar-refractivity contribution in [1.29, 1.82) is 0 Å². The molecule has 3 rings (SSSR count). The molecule has 4 heteroatoms. The highest BCUT2D eigenvalue weighted by Gasteiger charge is 2.21. The van der Waals surface area contributed by atoms with E-state index in [-0.39, 0.29) is 12.1 Å². The zero-order chi connectivity index (χ0) is 16.1. The minimum absolute atomic E-state index is 0.0858. The summed E-state index contributed by atoms with van der Waals surface area (Å²) in [5.41, 5.74) is 3.33. The van der Waals surface area contributed by atoms with Crippen molar-refractivity contribution in [1.82, 2.24) is 5.32 Å². The van der Waals surface area contributed by atoms with Gasteiger partial charge >= 0.3 is 6.03 Å². The van der Waals surface area contributed by atoms with Crippen molar-refractivity contribution in [2.24, 2.45) is 0 Å². The number of aryl methyl sites for hydroxylation is 1. The summed E-state index contributed by atoms with van der Waals surface area (Å²) < 4.78 is 5.40. The van der Waals surface area contributed by atoms with Gasteiger partial charge in [-0.15, -0.1) is 0 Å². The van der Waals surface area contributed by atoms with Crippen LogP contribution in [0.3, 0.4) is 0 Å². The summed E-state index contributed by atoms with van der Waals surface area (Å²) >= 11 is 0. The van der Waals surface area contributed by atoms with Crippen LogP contribution in [0.25, 0.3) is 0 Å². The van der Waals surface area contributed by atoms with E-state index in [9.17, 15) is 4.79 Å². The molecule has 0 saturated heterocycles. The van der Waals surface area contributed by atoms with Crippen LogP contribution in [-0.2, 0) is 6.42 Å². The van der Waals surface area contributed by atoms with Crippen LogP contribution >= 0.6 is 0 Å². The topological polar surface area (TPSA) is 50.4 Å². The number of ether oxygens (including phenoxy) is 1. The third-order valence-electron chi connectivity index (χ3n) is 4.10. The molecule has 0 saturated carbocycles. The Balaban J connectivity index is 1.62. The van der Waals surface area contributed by atoms with Gasteiger partial charge in [-0.1, -0.05) is 24.3 Å². The van der Waals surface area contributed by atoms with Gasteiger partial charge < -0.3 is 15.4 Å². The van der Waals surface area contributed by atoms with E-state index < -0.39 is 0 Å². The second-order valence-corrected chi connectivity index (χ2v) is 5.70. The number of hydrogen-bond donors (Lipinski definition) is 2. The second-order valence-electron chi connectivity index (χ2n) is 5.70. The molecule has 2 aromatic rings. The van der Waals surface area contributed by atoms with Gasteiger partial charge in [-0.05, 0) is 61.6 Å². The minimum atomic E-state index is -0.170. The number of fused-ring (bicyclic) bond motifs is 1. The molecular weight excluding hydrogens is 288 g/mol. The van der Waals surface area contributed by atoms with Crippen LogP contribution in [0.2, 0.25) is 0 Å². The number of urea groups is 1. The summed E-state index contributed by atoms with van der Waals surface area (Å²) in [5, 5.41) is 5.97. The molecule has 0 radical (unpaired) electrons. The van der Waals surface area contributed by atoms with Gasteiger partial charge in [0.15, 0.2) is 0 Å². The molecule has 0 bridgehead atoms. The molecule has 0 fully saturated rings. The minimum Gasteiger partial charge on any atom is -0.494 e. The van der Waals surface area contributed by atoms with E-state index in [1.165, 1.54) is 11.1 Å². The molecule has 2 amide bonds. The Morgan fingerprint density at radius 3 is 2.74 bits per heavy atom. The molecule has 120 valence electrons. The number of benzene rings is 2. The SMILES string of the molecule is CCOc1ccc(NC(=O)N[C@H]2CCCc3ccccc32)cc1. The first kappa shape index (κ1) is 15.4. The van der Waals surface area contributed by atoms with E-state index in [0.717, 1.165) is 30.7 Å². The van der Waals surface area contributed by atoms with Crippen LogP contribution in [0.4, 0.5) is 10.5 Å². The first-order valence-corrected chi connectivity index (χ1v) is 8.14. The molecule has 4 nitrogen and oxygen atoms in total. The molecule has 2 aromatic carbocycles. The van der Waals surface area contributed by atoms with Crippen molar-refractivity contribution in [3.05, 3.63) is 59.7 Å². The molecular formula is C19H22N2O2. The molecule has 1 aliphatic rings. The van der Waals surface area contributed by atoms with E-state index in [1.807, 2.05) is 37.3 Å². The Kier molecular flexibility index (Phi) is 4.81. The quantitative estimate of drug-likeness (QED) is 0.885. The average molecular weight is 310 g/mol. The van der Waals surface area contributed by atoms with Gasteiger partial charge in [0.1, 0.15) is 5.75 Å². The van der Waals surface area contributed by atoms with Gasteiger partial charge in [-0.2, -0.15) is 0 Å². The fourth-order valence-corrected chi connectivity index (χ4v) is 3.03. The Morgan fingerprint density at radius 1 is 1.17 bits per heavy atom. The Hall–Kier alpha value is -2.49. The summed E-state index contributed by atoms with van der Waals surface area (Å²) in [6.07, 6.45) is 3.17. The van der Waals surface area contributed by atoms with Crippen molar-refractivity contribution in [3.8, 4) is 5.75 Å². The highest BCUT2D eigenvalue weighted by atomic mass is 16.5. The number of nitrogens with one attached hydrogen (secondary N) is 2. The number of carbonyl (C=O) groups excluding carboxylic acids is 1. The normalized spacial score (nSPS) is 16.3. The molecule has 1 atom stereocenters. The molecule has 1 aliphatic carbocycles. The van der Waals surface area contributed by atoms with Crippen LogP contribution in [0.1, 0.15) is 36.9 Å². The van der Waals surface area contributed by atoms with Crippen LogP contribution in [-0.4, -0.2) is 12.6 Å². The van der Waals surface area contributed by atoms with Crippen LogP contribution in [0.15, 0.2) is 48.5 Å². The van der Waals surface area contributed by atoms with E-state index in [2.05, 4.69) is 28.8 Å².